The van der Waals surface area contributed by atoms with E-state index in [4.69, 9.17) is 5.11 Å². The van der Waals surface area contributed by atoms with Crippen molar-refractivity contribution in [3.8, 4) is 0 Å². The van der Waals surface area contributed by atoms with Gasteiger partial charge in [-0.1, -0.05) is 19.1 Å². The number of aliphatic hydroxyl groups is 1. The van der Waals surface area contributed by atoms with E-state index in [1.54, 1.807) is 12.1 Å². The summed E-state index contributed by atoms with van der Waals surface area (Å²) in [6, 6.07) is 7.55. The largest absolute Gasteiger partial charge is 0.395 e. The summed E-state index contributed by atoms with van der Waals surface area (Å²) >= 11 is 0. The normalized spacial score (nSPS) is 25.4. The highest BCUT2D eigenvalue weighted by Crippen LogP contribution is 2.37. The minimum Gasteiger partial charge on any atom is -0.395 e. The molecule has 0 aromatic heterocycles. The van der Waals surface area contributed by atoms with Gasteiger partial charge in [0, 0.05) is 12.1 Å². The Morgan fingerprint density at radius 1 is 1.47 bits per heavy atom. The molecule has 2 N–H and O–H groups in total. The van der Waals surface area contributed by atoms with E-state index >= 15 is 0 Å². The molecular weight excluding hydrogens is 217 g/mol. The lowest BCUT2D eigenvalue weighted by Crippen LogP contribution is -2.46. The average molecular weight is 237 g/mol. The van der Waals surface area contributed by atoms with Crippen molar-refractivity contribution in [3.63, 3.8) is 0 Å². The minimum atomic E-state index is -0.152. The molecule has 1 fully saturated rings. The van der Waals surface area contributed by atoms with Crippen molar-refractivity contribution in [1.29, 1.82) is 0 Å². The van der Waals surface area contributed by atoms with Gasteiger partial charge in [0.05, 0.1) is 6.61 Å². The van der Waals surface area contributed by atoms with Crippen molar-refractivity contribution >= 4 is 0 Å². The van der Waals surface area contributed by atoms with Crippen LogP contribution < -0.4 is 5.32 Å². The number of halogens is 1. The van der Waals surface area contributed by atoms with Crippen molar-refractivity contribution < 1.29 is 9.50 Å². The first-order chi connectivity index (χ1) is 8.22. The molecule has 1 aliphatic rings. The third-order valence-electron chi connectivity index (χ3n) is 3.64. The van der Waals surface area contributed by atoms with Gasteiger partial charge in [-0.3, -0.25) is 0 Å². The highest BCUT2D eigenvalue weighted by atomic mass is 19.1. The van der Waals surface area contributed by atoms with Crippen molar-refractivity contribution in [2.75, 3.05) is 6.61 Å². The van der Waals surface area contributed by atoms with Gasteiger partial charge >= 0.3 is 0 Å². The third-order valence-corrected chi connectivity index (χ3v) is 3.64. The fraction of sp³-hybridized carbons (Fsp3) is 0.571. The summed E-state index contributed by atoms with van der Waals surface area (Å²) < 4.78 is 13.1. The number of nitrogens with one attached hydrogen (secondary N) is 1. The standard InChI is InChI=1S/C14H20FNO/c1-2-13(9-17)16-14-7-11(8-14)10-4-3-5-12(15)6-10/h3-6,11,13-14,16-17H,2,7-9H2,1H3/t11?,13-,14?/m1/s1. The number of hydrogen-bond acceptors (Lipinski definition) is 2. The Bertz CT molecular complexity index is 359. The predicted octanol–water partition coefficient (Wildman–Crippen LogP) is 2.43. The molecule has 2 rings (SSSR count). The maximum absolute atomic E-state index is 13.1. The van der Waals surface area contributed by atoms with E-state index < -0.39 is 0 Å². The Labute approximate surface area is 102 Å². The molecule has 17 heavy (non-hydrogen) atoms. The second-order valence-electron chi connectivity index (χ2n) is 4.87. The molecule has 1 atom stereocenters. The summed E-state index contributed by atoms with van der Waals surface area (Å²) in [5.74, 6) is 0.320. The maximum Gasteiger partial charge on any atom is 0.123 e. The predicted molar refractivity (Wildman–Crippen MR) is 66.5 cm³/mol. The monoisotopic (exact) mass is 237 g/mol. The van der Waals surface area contributed by atoms with Gasteiger partial charge in [-0.2, -0.15) is 0 Å². The number of aliphatic hydroxyl groups excluding tert-OH is 1. The lowest BCUT2D eigenvalue weighted by atomic mass is 9.75. The zero-order valence-electron chi connectivity index (χ0n) is 10.2. The molecule has 94 valence electrons. The van der Waals surface area contributed by atoms with Gasteiger partial charge in [0.15, 0.2) is 0 Å². The summed E-state index contributed by atoms with van der Waals surface area (Å²) in [6.45, 7) is 2.26. The van der Waals surface area contributed by atoms with Crippen LogP contribution in [0.15, 0.2) is 24.3 Å². The van der Waals surface area contributed by atoms with Crippen LogP contribution in [0.5, 0.6) is 0 Å². The molecular formula is C14H20FNO. The van der Waals surface area contributed by atoms with E-state index in [1.807, 2.05) is 6.07 Å². The van der Waals surface area contributed by atoms with E-state index in [9.17, 15) is 4.39 Å². The molecule has 1 aromatic rings. The molecule has 3 heteroatoms. The Hall–Kier alpha value is -0.930. The molecule has 0 unspecified atom stereocenters. The van der Waals surface area contributed by atoms with Gasteiger partial charge in [-0.05, 0) is 42.9 Å². The van der Waals surface area contributed by atoms with Crippen LogP contribution in [0, 0.1) is 5.82 Å². The Balaban J connectivity index is 1.82. The lowest BCUT2D eigenvalue weighted by Gasteiger charge is -2.38. The van der Waals surface area contributed by atoms with Gasteiger partial charge in [-0.25, -0.2) is 4.39 Å². The first kappa shape index (κ1) is 12.5. The number of rotatable bonds is 5. The summed E-state index contributed by atoms with van der Waals surface area (Å²) in [7, 11) is 0. The molecule has 0 saturated heterocycles. The van der Waals surface area contributed by atoms with E-state index in [0.29, 0.717) is 12.0 Å². The molecule has 2 nitrogen and oxygen atoms in total. The molecule has 0 amide bonds. The number of benzene rings is 1. The van der Waals surface area contributed by atoms with Crippen LogP contribution in [0.3, 0.4) is 0 Å². The van der Waals surface area contributed by atoms with Crippen molar-refractivity contribution in [1.82, 2.24) is 5.32 Å². The quantitative estimate of drug-likeness (QED) is 0.824. The van der Waals surface area contributed by atoms with E-state index in [0.717, 1.165) is 24.8 Å². The molecule has 0 radical (unpaired) electrons. The van der Waals surface area contributed by atoms with Crippen LogP contribution in [0.2, 0.25) is 0 Å². The fourth-order valence-electron chi connectivity index (χ4n) is 2.42. The third kappa shape index (κ3) is 3.05. The molecule has 0 aliphatic heterocycles. The first-order valence-corrected chi connectivity index (χ1v) is 6.35. The van der Waals surface area contributed by atoms with E-state index in [2.05, 4.69) is 12.2 Å². The highest BCUT2D eigenvalue weighted by molar-refractivity contribution is 5.23. The molecule has 0 bridgehead atoms. The summed E-state index contributed by atoms with van der Waals surface area (Å²) in [4.78, 5) is 0. The highest BCUT2D eigenvalue weighted by Gasteiger charge is 2.31. The van der Waals surface area contributed by atoms with Gasteiger partial charge in [0.1, 0.15) is 5.82 Å². The molecule has 1 aliphatic carbocycles. The molecule has 0 heterocycles. The SMILES string of the molecule is CC[C@H](CO)NC1CC(c2cccc(F)c2)C1. The van der Waals surface area contributed by atoms with Crippen LogP contribution in [0.25, 0.3) is 0 Å². The zero-order valence-corrected chi connectivity index (χ0v) is 10.2. The lowest BCUT2D eigenvalue weighted by molar-refractivity contribution is 0.193. The summed E-state index contributed by atoms with van der Waals surface area (Å²) in [6.07, 6.45) is 3.03. The van der Waals surface area contributed by atoms with Gasteiger partial charge in [-0.15, -0.1) is 0 Å². The first-order valence-electron chi connectivity index (χ1n) is 6.35. The average Bonchev–Trinajstić information content (AvgIpc) is 2.28. The van der Waals surface area contributed by atoms with Crippen LogP contribution in [-0.4, -0.2) is 23.8 Å². The van der Waals surface area contributed by atoms with Crippen molar-refractivity contribution in [2.24, 2.45) is 0 Å². The smallest absolute Gasteiger partial charge is 0.123 e. The maximum atomic E-state index is 13.1. The van der Waals surface area contributed by atoms with Gasteiger partial charge in [0.2, 0.25) is 0 Å². The second kappa shape index (κ2) is 5.61. The van der Waals surface area contributed by atoms with E-state index in [1.165, 1.54) is 6.07 Å². The van der Waals surface area contributed by atoms with Crippen molar-refractivity contribution in [3.05, 3.63) is 35.6 Å². The topological polar surface area (TPSA) is 32.3 Å². The zero-order chi connectivity index (χ0) is 12.3. The van der Waals surface area contributed by atoms with E-state index in [-0.39, 0.29) is 18.5 Å². The Morgan fingerprint density at radius 2 is 2.24 bits per heavy atom. The van der Waals surface area contributed by atoms with Crippen LogP contribution in [0.1, 0.15) is 37.7 Å². The van der Waals surface area contributed by atoms with Crippen LogP contribution in [-0.2, 0) is 0 Å². The Kier molecular flexibility index (Phi) is 4.13. The number of hydrogen-bond donors (Lipinski definition) is 2. The van der Waals surface area contributed by atoms with Crippen molar-refractivity contribution in [2.45, 2.75) is 44.2 Å². The van der Waals surface area contributed by atoms with Crippen LogP contribution >= 0.6 is 0 Å². The van der Waals surface area contributed by atoms with Gasteiger partial charge in [0.25, 0.3) is 0 Å². The Morgan fingerprint density at radius 3 is 2.82 bits per heavy atom. The molecule has 0 spiro atoms. The summed E-state index contributed by atoms with van der Waals surface area (Å²) in [5.41, 5.74) is 1.10. The summed E-state index contributed by atoms with van der Waals surface area (Å²) in [5, 5.41) is 12.5. The minimum absolute atomic E-state index is 0.152. The van der Waals surface area contributed by atoms with Crippen LogP contribution in [0.4, 0.5) is 4.39 Å². The second-order valence-corrected chi connectivity index (χ2v) is 4.87. The fourth-order valence-corrected chi connectivity index (χ4v) is 2.42. The molecule has 1 saturated carbocycles. The molecule has 1 aromatic carbocycles. The van der Waals surface area contributed by atoms with Gasteiger partial charge < -0.3 is 10.4 Å².